The van der Waals surface area contributed by atoms with Crippen LogP contribution < -0.4 is 11.1 Å². The third-order valence-corrected chi connectivity index (χ3v) is 9.87. The lowest BCUT2D eigenvalue weighted by atomic mass is 10.0. The van der Waals surface area contributed by atoms with Gasteiger partial charge in [-0.25, -0.2) is 4.57 Å². The normalized spacial score (nSPS) is 14.8. The second-order valence-electron chi connectivity index (χ2n) is 13.8. The van der Waals surface area contributed by atoms with E-state index in [9.17, 15) is 19.4 Å². The first-order chi connectivity index (χ1) is 25.4. The van der Waals surface area contributed by atoms with Gasteiger partial charge in [0.15, 0.2) is 0 Å². The van der Waals surface area contributed by atoms with Crippen LogP contribution in [0.2, 0.25) is 0 Å². The van der Waals surface area contributed by atoms with Crippen molar-refractivity contribution in [3.8, 4) is 0 Å². The van der Waals surface area contributed by atoms with E-state index >= 15 is 0 Å². The number of allylic oxidation sites excluding steroid dienone is 10. The van der Waals surface area contributed by atoms with Crippen LogP contribution >= 0.6 is 7.82 Å². The van der Waals surface area contributed by atoms with E-state index in [1.807, 2.05) is 0 Å². The predicted molar refractivity (Wildman–Crippen MR) is 221 cm³/mol. The number of amides is 1. The summed E-state index contributed by atoms with van der Waals surface area (Å²) in [5, 5.41) is 13.7. The molecule has 0 saturated carbocycles. The highest BCUT2D eigenvalue weighted by Gasteiger charge is 2.27. The number of aliphatic hydroxyl groups excluding tert-OH is 1. The fourth-order valence-corrected chi connectivity index (χ4v) is 6.51. The molecule has 0 heterocycles. The Balaban J connectivity index is 4.14. The minimum absolute atomic E-state index is 0.0839. The average molecular weight is 751 g/mol. The lowest BCUT2D eigenvalue weighted by Gasteiger charge is -2.25. The highest BCUT2D eigenvalue weighted by atomic mass is 31.2. The Morgan fingerprint density at radius 3 is 1.63 bits per heavy atom. The van der Waals surface area contributed by atoms with E-state index in [1.165, 1.54) is 64.2 Å². The van der Waals surface area contributed by atoms with Gasteiger partial charge in [-0.05, 0) is 57.8 Å². The molecule has 52 heavy (non-hydrogen) atoms. The van der Waals surface area contributed by atoms with E-state index in [4.69, 9.17) is 14.8 Å². The molecule has 3 atom stereocenters. The molecule has 302 valence electrons. The van der Waals surface area contributed by atoms with Crippen molar-refractivity contribution >= 4 is 13.7 Å². The molecule has 9 heteroatoms. The fourth-order valence-electron chi connectivity index (χ4n) is 5.75. The zero-order valence-corrected chi connectivity index (χ0v) is 34.2. The van der Waals surface area contributed by atoms with Crippen molar-refractivity contribution in [1.82, 2.24) is 5.32 Å². The third-order valence-electron chi connectivity index (χ3n) is 8.89. The second-order valence-corrected chi connectivity index (χ2v) is 15.3. The van der Waals surface area contributed by atoms with Gasteiger partial charge in [0.25, 0.3) is 0 Å². The quantitative estimate of drug-likeness (QED) is 0.0281. The zero-order chi connectivity index (χ0) is 38.2. The molecule has 8 nitrogen and oxygen atoms in total. The molecule has 0 aromatic carbocycles. The molecule has 1 amide bonds. The van der Waals surface area contributed by atoms with Crippen molar-refractivity contribution < 1.29 is 28.4 Å². The Labute approximate surface area is 319 Å². The summed E-state index contributed by atoms with van der Waals surface area (Å²) in [4.78, 5) is 22.7. The molecular weight excluding hydrogens is 671 g/mol. The minimum atomic E-state index is -4.32. The van der Waals surface area contributed by atoms with Crippen molar-refractivity contribution in [2.24, 2.45) is 5.73 Å². The number of nitrogens with one attached hydrogen (secondary N) is 1. The fraction of sp³-hybridized carbons (Fsp3) is 0.744. The largest absolute Gasteiger partial charge is 0.472 e. The number of hydrogen-bond donors (Lipinski definition) is 4. The van der Waals surface area contributed by atoms with E-state index in [0.717, 1.165) is 83.5 Å². The first kappa shape index (κ1) is 50.2. The van der Waals surface area contributed by atoms with E-state index in [0.29, 0.717) is 12.8 Å². The number of nitrogens with two attached hydrogens (primary N) is 1. The van der Waals surface area contributed by atoms with Crippen molar-refractivity contribution in [2.45, 2.75) is 187 Å². The minimum Gasteiger partial charge on any atom is -0.391 e. The summed E-state index contributed by atoms with van der Waals surface area (Å²) in [6.07, 6.45) is 48.0. The number of aliphatic hydroxyl groups is 1. The van der Waals surface area contributed by atoms with Crippen LogP contribution in [0, 0.1) is 0 Å². The average Bonchev–Trinajstić information content (AvgIpc) is 3.13. The van der Waals surface area contributed by atoms with E-state index in [1.54, 1.807) is 0 Å². The third kappa shape index (κ3) is 36.6. The van der Waals surface area contributed by atoms with Gasteiger partial charge in [-0.15, -0.1) is 0 Å². The highest BCUT2D eigenvalue weighted by molar-refractivity contribution is 7.47. The van der Waals surface area contributed by atoms with E-state index < -0.39 is 20.0 Å². The van der Waals surface area contributed by atoms with E-state index in [2.05, 4.69) is 79.9 Å². The number of phosphoric acid groups is 1. The second kappa shape index (κ2) is 38.9. The number of phosphoric ester groups is 1. The van der Waals surface area contributed by atoms with Gasteiger partial charge < -0.3 is 21.1 Å². The molecule has 0 bridgehead atoms. The maximum Gasteiger partial charge on any atom is 0.472 e. The number of rotatable bonds is 38. The molecule has 5 N–H and O–H groups in total. The molecule has 0 aromatic heterocycles. The van der Waals surface area contributed by atoms with Crippen LogP contribution in [-0.4, -0.2) is 47.8 Å². The van der Waals surface area contributed by atoms with Crippen molar-refractivity contribution in [2.75, 3.05) is 19.8 Å². The number of unbranched alkanes of at least 4 members (excludes halogenated alkanes) is 16. The lowest BCUT2D eigenvalue weighted by Crippen LogP contribution is -2.46. The Morgan fingerprint density at radius 1 is 0.654 bits per heavy atom. The number of carbonyl (C=O) groups is 1. The van der Waals surface area contributed by atoms with Crippen LogP contribution in [0.15, 0.2) is 60.8 Å². The Kier molecular flexibility index (Phi) is 37.6. The molecule has 0 rings (SSSR count). The maximum atomic E-state index is 12.7. The predicted octanol–water partition coefficient (Wildman–Crippen LogP) is 11.5. The molecule has 0 fully saturated rings. The first-order valence-electron chi connectivity index (χ1n) is 20.9. The topological polar surface area (TPSA) is 131 Å². The van der Waals surface area contributed by atoms with Crippen molar-refractivity contribution in [1.29, 1.82) is 0 Å². The van der Waals surface area contributed by atoms with Gasteiger partial charge in [-0.3, -0.25) is 13.8 Å². The Hall–Kier alpha value is -1.80. The van der Waals surface area contributed by atoms with Crippen LogP contribution in [0.25, 0.3) is 0 Å². The molecule has 0 aliphatic carbocycles. The summed E-state index contributed by atoms with van der Waals surface area (Å²) in [7, 11) is -4.32. The molecular formula is C43H79N2O6P. The summed E-state index contributed by atoms with van der Waals surface area (Å²) in [6, 6.07) is -0.781. The van der Waals surface area contributed by atoms with Crippen LogP contribution in [0.1, 0.15) is 174 Å². The molecule has 0 aliphatic heterocycles. The van der Waals surface area contributed by atoms with E-state index in [-0.39, 0.29) is 25.7 Å². The van der Waals surface area contributed by atoms with Crippen LogP contribution in [0.3, 0.4) is 0 Å². The summed E-state index contributed by atoms with van der Waals surface area (Å²) in [6.45, 7) is 4.05. The molecule has 0 radical (unpaired) electrons. The summed E-state index contributed by atoms with van der Waals surface area (Å²) < 4.78 is 22.1. The summed E-state index contributed by atoms with van der Waals surface area (Å²) in [5.74, 6) is -0.177. The molecule has 0 spiro atoms. The van der Waals surface area contributed by atoms with Gasteiger partial charge in [-0.2, -0.15) is 0 Å². The zero-order valence-electron chi connectivity index (χ0n) is 33.3. The van der Waals surface area contributed by atoms with Crippen molar-refractivity contribution in [3.05, 3.63) is 60.8 Å². The van der Waals surface area contributed by atoms with Gasteiger partial charge in [0, 0.05) is 13.0 Å². The van der Waals surface area contributed by atoms with Gasteiger partial charge in [0.1, 0.15) is 0 Å². The number of carbonyl (C=O) groups excluding carboxylic acids is 1. The highest BCUT2D eigenvalue weighted by Crippen LogP contribution is 2.43. The summed E-state index contributed by atoms with van der Waals surface area (Å²) in [5.41, 5.74) is 5.36. The van der Waals surface area contributed by atoms with Gasteiger partial charge in [0.05, 0.1) is 25.4 Å². The first-order valence-corrected chi connectivity index (χ1v) is 22.4. The summed E-state index contributed by atoms with van der Waals surface area (Å²) >= 11 is 0. The van der Waals surface area contributed by atoms with Crippen LogP contribution in [0.5, 0.6) is 0 Å². The SMILES string of the molecule is CC/C=C\C/C=C\C/C=C\C/C=C\C/C=C\CCCCCCCCCC(=O)NC(COP(=O)(O)OCCN)C(O)CCCCCCCCCCCC. The Bertz CT molecular complexity index is 996. The molecule has 3 unspecified atom stereocenters. The van der Waals surface area contributed by atoms with Crippen LogP contribution in [0.4, 0.5) is 0 Å². The van der Waals surface area contributed by atoms with Crippen LogP contribution in [-0.2, 0) is 18.4 Å². The smallest absolute Gasteiger partial charge is 0.391 e. The molecule has 0 aromatic rings. The molecule has 0 saturated heterocycles. The number of hydrogen-bond acceptors (Lipinski definition) is 6. The van der Waals surface area contributed by atoms with Gasteiger partial charge in [-0.1, -0.05) is 171 Å². The Morgan fingerprint density at radius 2 is 1.12 bits per heavy atom. The molecule has 0 aliphatic rings. The van der Waals surface area contributed by atoms with Crippen molar-refractivity contribution in [3.63, 3.8) is 0 Å². The lowest BCUT2D eigenvalue weighted by molar-refractivity contribution is -0.123. The maximum absolute atomic E-state index is 12.7. The van der Waals surface area contributed by atoms with Gasteiger partial charge >= 0.3 is 7.82 Å². The standard InChI is InChI=1S/C43H79N2O6P/c1-3-5-7-9-11-13-15-16-17-18-19-20-21-22-23-24-25-26-27-29-31-33-35-37-43(47)45-41(40-51-52(48,49)50-39-38-44)42(46)36-34-32-30-28-14-12-10-8-6-4-2/h5,7,11,13,16-17,19-20,22-23,41-42,46H,3-4,6,8-10,12,14-15,18,21,24-40,44H2,1-2H3,(H,45,47)(H,48,49)/b7-5-,13-11-,17-16-,20-19-,23-22-. The monoisotopic (exact) mass is 751 g/mol. The van der Waals surface area contributed by atoms with Gasteiger partial charge in [0.2, 0.25) is 5.91 Å².